The number of ether oxygens (including phenoxy) is 1. The lowest BCUT2D eigenvalue weighted by Crippen LogP contribution is -2.05. The van der Waals surface area contributed by atoms with Crippen molar-refractivity contribution in [2.75, 3.05) is 13.7 Å². The fourth-order valence-electron chi connectivity index (χ4n) is 2.17. The number of hydrogen-bond acceptors (Lipinski definition) is 2. The van der Waals surface area contributed by atoms with Crippen LogP contribution in [0.5, 0.6) is 5.75 Å². The summed E-state index contributed by atoms with van der Waals surface area (Å²) in [6.45, 7) is 3.00. The van der Waals surface area contributed by atoms with E-state index in [0.717, 1.165) is 25.1 Å². The van der Waals surface area contributed by atoms with Crippen molar-refractivity contribution >= 4 is 0 Å². The Morgan fingerprint density at radius 2 is 2.00 bits per heavy atom. The number of nitrogens with two attached hydrogens (primary N) is 1. The van der Waals surface area contributed by atoms with E-state index in [1.807, 2.05) is 12.1 Å². The molecule has 0 amide bonds. The Hall–Kier alpha value is -1.02. The van der Waals surface area contributed by atoms with E-state index in [-0.39, 0.29) is 0 Å². The van der Waals surface area contributed by atoms with Crippen LogP contribution in [0.3, 0.4) is 0 Å². The Morgan fingerprint density at radius 1 is 1.25 bits per heavy atom. The predicted octanol–water partition coefficient (Wildman–Crippen LogP) is 3.32. The van der Waals surface area contributed by atoms with Crippen LogP contribution in [0.1, 0.15) is 44.1 Å². The first-order valence-electron chi connectivity index (χ1n) is 6.16. The third kappa shape index (κ3) is 3.53. The molecule has 0 saturated carbocycles. The van der Waals surface area contributed by atoms with Crippen LogP contribution >= 0.6 is 0 Å². The van der Waals surface area contributed by atoms with Crippen LogP contribution in [-0.4, -0.2) is 13.7 Å². The maximum absolute atomic E-state index is 5.59. The van der Waals surface area contributed by atoms with Crippen LogP contribution < -0.4 is 10.5 Å². The van der Waals surface area contributed by atoms with E-state index in [2.05, 4.69) is 19.1 Å². The predicted molar refractivity (Wildman–Crippen MR) is 68.9 cm³/mol. The van der Waals surface area contributed by atoms with Crippen LogP contribution in [0, 0.1) is 0 Å². The normalized spacial score (nSPS) is 12.4. The van der Waals surface area contributed by atoms with Gasteiger partial charge < -0.3 is 10.5 Å². The van der Waals surface area contributed by atoms with E-state index in [9.17, 15) is 0 Å². The molecule has 90 valence electrons. The number of benzene rings is 1. The van der Waals surface area contributed by atoms with Crippen LogP contribution in [0.4, 0.5) is 0 Å². The van der Waals surface area contributed by atoms with Gasteiger partial charge in [0, 0.05) is 0 Å². The van der Waals surface area contributed by atoms with Crippen molar-refractivity contribution in [3.05, 3.63) is 29.8 Å². The zero-order valence-corrected chi connectivity index (χ0v) is 10.4. The van der Waals surface area contributed by atoms with Gasteiger partial charge in [-0.3, -0.25) is 0 Å². The highest BCUT2D eigenvalue weighted by Crippen LogP contribution is 2.32. The van der Waals surface area contributed by atoms with E-state index in [1.165, 1.54) is 18.4 Å². The molecule has 0 aliphatic rings. The fraction of sp³-hybridized carbons (Fsp3) is 0.571. The van der Waals surface area contributed by atoms with Gasteiger partial charge in [0.05, 0.1) is 7.11 Å². The van der Waals surface area contributed by atoms with Crippen LogP contribution in [0.25, 0.3) is 0 Å². The number of para-hydroxylation sites is 1. The monoisotopic (exact) mass is 221 g/mol. The third-order valence-electron chi connectivity index (χ3n) is 2.97. The SMILES string of the molecule is CCCC(CCCN)c1ccccc1OC. The molecule has 1 unspecified atom stereocenters. The second kappa shape index (κ2) is 7.29. The molecule has 2 heteroatoms. The Bertz CT molecular complexity index is 299. The molecule has 1 aromatic carbocycles. The summed E-state index contributed by atoms with van der Waals surface area (Å²) in [6, 6.07) is 8.33. The Morgan fingerprint density at radius 3 is 2.62 bits per heavy atom. The summed E-state index contributed by atoms with van der Waals surface area (Å²) in [4.78, 5) is 0. The molecular weight excluding hydrogens is 198 g/mol. The first-order valence-corrected chi connectivity index (χ1v) is 6.16. The maximum Gasteiger partial charge on any atom is 0.122 e. The molecule has 2 nitrogen and oxygen atoms in total. The zero-order chi connectivity index (χ0) is 11.8. The largest absolute Gasteiger partial charge is 0.496 e. The van der Waals surface area contributed by atoms with E-state index in [0.29, 0.717) is 5.92 Å². The second-order valence-corrected chi connectivity index (χ2v) is 4.16. The van der Waals surface area contributed by atoms with Crippen molar-refractivity contribution < 1.29 is 4.74 Å². The van der Waals surface area contributed by atoms with E-state index in [1.54, 1.807) is 7.11 Å². The summed E-state index contributed by atoms with van der Waals surface area (Å²) in [5.74, 6) is 1.60. The second-order valence-electron chi connectivity index (χ2n) is 4.16. The molecule has 1 aromatic rings. The molecule has 2 N–H and O–H groups in total. The molecule has 1 rings (SSSR count). The first kappa shape index (κ1) is 13.0. The van der Waals surface area contributed by atoms with Gasteiger partial charge in [-0.05, 0) is 43.4 Å². The first-order chi connectivity index (χ1) is 7.83. The standard InChI is InChI=1S/C14H23NO/c1-3-7-12(8-6-11-15)13-9-4-5-10-14(13)16-2/h4-5,9-10,12H,3,6-8,11,15H2,1-2H3. The molecule has 0 saturated heterocycles. The molecule has 0 aromatic heterocycles. The average Bonchev–Trinajstić information content (AvgIpc) is 2.34. The summed E-state index contributed by atoms with van der Waals surface area (Å²) in [7, 11) is 1.74. The minimum Gasteiger partial charge on any atom is -0.496 e. The summed E-state index contributed by atoms with van der Waals surface area (Å²) < 4.78 is 5.42. The van der Waals surface area contributed by atoms with Gasteiger partial charge in [0.25, 0.3) is 0 Å². The van der Waals surface area contributed by atoms with Gasteiger partial charge in [-0.15, -0.1) is 0 Å². The highest BCUT2D eigenvalue weighted by atomic mass is 16.5. The molecule has 1 atom stereocenters. The summed E-state index contributed by atoms with van der Waals surface area (Å²) in [5, 5.41) is 0. The van der Waals surface area contributed by atoms with Crippen molar-refractivity contribution in [3.63, 3.8) is 0 Å². The van der Waals surface area contributed by atoms with Crippen LogP contribution in [-0.2, 0) is 0 Å². The summed E-state index contributed by atoms with van der Waals surface area (Å²) in [6.07, 6.45) is 4.65. The van der Waals surface area contributed by atoms with Crippen molar-refractivity contribution in [2.45, 2.75) is 38.5 Å². The Labute approximate surface area is 98.8 Å². The maximum atomic E-state index is 5.59. The Balaban J connectivity index is 2.81. The zero-order valence-electron chi connectivity index (χ0n) is 10.4. The van der Waals surface area contributed by atoms with Gasteiger partial charge in [0.2, 0.25) is 0 Å². The fourth-order valence-corrected chi connectivity index (χ4v) is 2.17. The molecule has 0 fully saturated rings. The number of rotatable bonds is 7. The smallest absolute Gasteiger partial charge is 0.122 e. The van der Waals surface area contributed by atoms with Crippen molar-refractivity contribution in [1.29, 1.82) is 0 Å². The molecule has 0 aliphatic heterocycles. The topological polar surface area (TPSA) is 35.2 Å². The molecular formula is C14H23NO. The van der Waals surface area contributed by atoms with Crippen molar-refractivity contribution in [1.82, 2.24) is 0 Å². The van der Waals surface area contributed by atoms with Crippen molar-refractivity contribution in [3.8, 4) is 5.75 Å². The van der Waals surface area contributed by atoms with Gasteiger partial charge in [0.1, 0.15) is 5.75 Å². The van der Waals surface area contributed by atoms with Crippen LogP contribution in [0.2, 0.25) is 0 Å². The minimum atomic E-state index is 0.588. The lowest BCUT2D eigenvalue weighted by Gasteiger charge is -2.19. The molecule has 16 heavy (non-hydrogen) atoms. The molecule has 0 aliphatic carbocycles. The van der Waals surface area contributed by atoms with Gasteiger partial charge >= 0.3 is 0 Å². The third-order valence-corrected chi connectivity index (χ3v) is 2.97. The molecule has 0 bridgehead atoms. The van der Waals surface area contributed by atoms with Gasteiger partial charge in [-0.2, -0.15) is 0 Å². The van der Waals surface area contributed by atoms with Crippen LogP contribution in [0.15, 0.2) is 24.3 Å². The van der Waals surface area contributed by atoms with Gasteiger partial charge in [0.15, 0.2) is 0 Å². The molecule has 0 heterocycles. The highest BCUT2D eigenvalue weighted by molar-refractivity contribution is 5.36. The van der Waals surface area contributed by atoms with Gasteiger partial charge in [-0.25, -0.2) is 0 Å². The van der Waals surface area contributed by atoms with E-state index < -0.39 is 0 Å². The minimum absolute atomic E-state index is 0.588. The molecule has 0 spiro atoms. The number of methoxy groups -OCH3 is 1. The van der Waals surface area contributed by atoms with E-state index >= 15 is 0 Å². The van der Waals surface area contributed by atoms with Crippen molar-refractivity contribution in [2.24, 2.45) is 5.73 Å². The lowest BCUT2D eigenvalue weighted by molar-refractivity contribution is 0.400. The summed E-state index contributed by atoms with van der Waals surface area (Å²) in [5.41, 5.74) is 6.92. The molecule has 0 radical (unpaired) electrons. The summed E-state index contributed by atoms with van der Waals surface area (Å²) >= 11 is 0. The Kier molecular flexibility index (Phi) is 5.94. The highest BCUT2D eigenvalue weighted by Gasteiger charge is 2.14. The number of hydrogen-bond donors (Lipinski definition) is 1. The quantitative estimate of drug-likeness (QED) is 0.766. The van der Waals surface area contributed by atoms with Gasteiger partial charge in [-0.1, -0.05) is 31.5 Å². The van der Waals surface area contributed by atoms with E-state index in [4.69, 9.17) is 10.5 Å². The lowest BCUT2D eigenvalue weighted by atomic mass is 9.89. The average molecular weight is 221 g/mol.